The lowest BCUT2D eigenvalue weighted by Gasteiger charge is -2.33. The Hall–Kier alpha value is -4.27. The highest BCUT2D eigenvalue weighted by Crippen LogP contribution is 2.33. The van der Waals surface area contributed by atoms with Crippen molar-refractivity contribution in [1.29, 1.82) is 0 Å². The number of carbonyl (C=O) groups excluding carboxylic acids is 1. The molecule has 1 saturated heterocycles. The molecule has 2 aromatic carbocycles. The third kappa shape index (κ3) is 4.28. The number of amides is 1. The van der Waals surface area contributed by atoms with Gasteiger partial charge in [0.1, 0.15) is 11.3 Å². The quantitative estimate of drug-likeness (QED) is 0.446. The zero-order chi connectivity index (χ0) is 24.5. The monoisotopic (exact) mass is 485 g/mol. The molecule has 4 heterocycles. The summed E-state index contributed by atoms with van der Waals surface area (Å²) >= 11 is 0. The zero-order valence-corrected chi connectivity index (χ0v) is 20.0. The van der Waals surface area contributed by atoms with Crippen LogP contribution >= 0.6 is 0 Å². The molecular weight excluding hydrogens is 458 g/mol. The Kier molecular flexibility index (Phi) is 5.80. The third-order valence-corrected chi connectivity index (χ3v) is 6.73. The SMILES string of the molecule is COc1cccc(-c2cc3c(N4CCC[C@@H](C(=O)NCc5ccc6c(c5)OCO6)C4)nccn3n2)c1. The molecule has 2 aliphatic rings. The van der Waals surface area contributed by atoms with Crippen molar-refractivity contribution in [3.8, 4) is 28.5 Å². The molecule has 9 heteroatoms. The topological polar surface area (TPSA) is 90.2 Å². The molecule has 2 aromatic heterocycles. The van der Waals surface area contributed by atoms with E-state index in [9.17, 15) is 4.79 Å². The molecule has 0 saturated carbocycles. The van der Waals surface area contributed by atoms with Gasteiger partial charge < -0.3 is 24.4 Å². The van der Waals surface area contributed by atoms with Gasteiger partial charge in [-0.25, -0.2) is 9.50 Å². The number of hydrogen-bond acceptors (Lipinski definition) is 7. The first-order valence-corrected chi connectivity index (χ1v) is 12.1. The number of nitrogens with one attached hydrogen (secondary N) is 1. The van der Waals surface area contributed by atoms with E-state index >= 15 is 0 Å². The van der Waals surface area contributed by atoms with Gasteiger partial charge in [-0.1, -0.05) is 18.2 Å². The van der Waals surface area contributed by atoms with E-state index < -0.39 is 0 Å². The van der Waals surface area contributed by atoms with Crippen molar-refractivity contribution in [1.82, 2.24) is 19.9 Å². The van der Waals surface area contributed by atoms with Crippen molar-refractivity contribution in [2.45, 2.75) is 19.4 Å². The fraction of sp³-hybridized carbons (Fsp3) is 0.296. The summed E-state index contributed by atoms with van der Waals surface area (Å²) in [7, 11) is 1.66. The smallest absolute Gasteiger partial charge is 0.231 e. The van der Waals surface area contributed by atoms with E-state index in [1.807, 2.05) is 59.2 Å². The number of benzene rings is 2. The molecule has 0 bridgehead atoms. The van der Waals surface area contributed by atoms with Gasteiger partial charge >= 0.3 is 0 Å². The molecule has 0 aliphatic carbocycles. The lowest BCUT2D eigenvalue weighted by molar-refractivity contribution is -0.125. The standard InChI is InChI=1S/C27H27N5O4/c1-34-21-6-2-4-19(13-21)22-14-23-26(28-9-11-32(23)30-22)31-10-3-5-20(16-31)27(33)29-15-18-7-8-24-25(12-18)36-17-35-24/h2,4,6-9,11-14,20H,3,5,10,15-17H2,1H3,(H,29,33)/t20-/m1/s1. The number of anilines is 1. The van der Waals surface area contributed by atoms with E-state index in [0.717, 1.165) is 64.8 Å². The molecule has 0 spiro atoms. The minimum atomic E-state index is -0.115. The van der Waals surface area contributed by atoms with Gasteiger partial charge in [-0.15, -0.1) is 0 Å². The van der Waals surface area contributed by atoms with Crippen LogP contribution < -0.4 is 24.4 Å². The lowest BCUT2D eigenvalue weighted by Crippen LogP contribution is -2.43. The van der Waals surface area contributed by atoms with E-state index in [4.69, 9.17) is 19.3 Å². The van der Waals surface area contributed by atoms with Crippen molar-refractivity contribution in [2.24, 2.45) is 5.92 Å². The molecule has 1 N–H and O–H groups in total. The second kappa shape index (κ2) is 9.41. The highest BCUT2D eigenvalue weighted by molar-refractivity contribution is 5.81. The zero-order valence-electron chi connectivity index (χ0n) is 20.0. The number of aromatic nitrogens is 3. The molecule has 1 amide bonds. The molecule has 36 heavy (non-hydrogen) atoms. The van der Waals surface area contributed by atoms with Gasteiger partial charge in [0.25, 0.3) is 0 Å². The average molecular weight is 486 g/mol. The fourth-order valence-electron chi connectivity index (χ4n) is 4.84. The fourth-order valence-corrected chi connectivity index (χ4v) is 4.84. The molecule has 1 atom stereocenters. The highest BCUT2D eigenvalue weighted by atomic mass is 16.7. The van der Waals surface area contributed by atoms with Gasteiger partial charge in [0.15, 0.2) is 17.3 Å². The van der Waals surface area contributed by atoms with Crippen molar-refractivity contribution in [2.75, 3.05) is 31.9 Å². The maximum Gasteiger partial charge on any atom is 0.231 e. The molecule has 1 fully saturated rings. The first-order valence-electron chi connectivity index (χ1n) is 12.1. The molecule has 0 unspecified atom stereocenters. The van der Waals surface area contributed by atoms with E-state index in [0.29, 0.717) is 13.1 Å². The van der Waals surface area contributed by atoms with Gasteiger partial charge in [-0.3, -0.25) is 4.79 Å². The number of rotatable bonds is 6. The molecular formula is C27H27N5O4. The van der Waals surface area contributed by atoms with Gasteiger partial charge in [-0.2, -0.15) is 5.10 Å². The van der Waals surface area contributed by atoms with Gasteiger partial charge in [0, 0.05) is 37.6 Å². The number of fused-ring (bicyclic) bond motifs is 2. The van der Waals surface area contributed by atoms with E-state index in [1.54, 1.807) is 13.3 Å². The summed E-state index contributed by atoms with van der Waals surface area (Å²) in [5.41, 5.74) is 3.72. The van der Waals surface area contributed by atoms with Crippen LogP contribution in [0.3, 0.4) is 0 Å². The van der Waals surface area contributed by atoms with E-state index in [1.165, 1.54) is 0 Å². The number of piperidine rings is 1. The summed E-state index contributed by atoms with van der Waals surface area (Å²) in [5.74, 6) is 3.02. The normalized spacial score (nSPS) is 16.8. The number of nitrogens with zero attached hydrogens (tertiary/aromatic N) is 4. The summed E-state index contributed by atoms with van der Waals surface area (Å²) in [6, 6.07) is 15.6. The van der Waals surface area contributed by atoms with E-state index in [2.05, 4.69) is 15.2 Å². The number of hydrogen-bond donors (Lipinski definition) is 1. The van der Waals surface area contributed by atoms with Crippen molar-refractivity contribution in [3.63, 3.8) is 0 Å². The molecule has 184 valence electrons. The third-order valence-electron chi connectivity index (χ3n) is 6.73. The van der Waals surface area contributed by atoms with Crippen LogP contribution in [0.5, 0.6) is 17.2 Å². The number of methoxy groups -OCH3 is 1. The first kappa shape index (κ1) is 22.2. The predicted octanol–water partition coefficient (Wildman–Crippen LogP) is 3.67. The Labute approximate surface area is 208 Å². The van der Waals surface area contributed by atoms with Crippen LogP contribution in [0.1, 0.15) is 18.4 Å². The minimum absolute atomic E-state index is 0.0508. The maximum absolute atomic E-state index is 13.1. The molecule has 6 rings (SSSR count). The number of ether oxygens (including phenoxy) is 3. The Morgan fingerprint density at radius 1 is 1.17 bits per heavy atom. The predicted molar refractivity (Wildman–Crippen MR) is 134 cm³/mol. The van der Waals surface area contributed by atoms with Crippen LogP contribution in [0.2, 0.25) is 0 Å². The summed E-state index contributed by atoms with van der Waals surface area (Å²) in [5, 5.41) is 7.85. The van der Waals surface area contributed by atoms with Crippen molar-refractivity contribution < 1.29 is 19.0 Å². The average Bonchev–Trinajstić information content (AvgIpc) is 3.58. The van der Waals surface area contributed by atoms with Crippen molar-refractivity contribution >= 4 is 17.2 Å². The van der Waals surface area contributed by atoms with E-state index in [-0.39, 0.29) is 18.6 Å². The maximum atomic E-state index is 13.1. The van der Waals surface area contributed by atoms with Crippen LogP contribution in [-0.4, -0.2) is 47.5 Å². The minimum Gasteiger partial charge on any atom is -0.497 e. The lowest BCUT2D eigenvalue weighted by atomic mass is 9.97. The Morgan fingerprint density at radius 2 is 2.08 bits per heavy atom. The van der Waals surface area contributed by atoms with Crippen LogP contribution in [0.4, 0.5) is 5.82 Å². The molecule has 4 aromatic rings. The first-order chi connectivity index (χ1) is 17.7. The summed E-state index contributed by atoms with van der Waals surface area (Å²) in [6.45, 7) is 2.14. The summed E-state index contributed by atoms with van der Waals surface area (Å²) < 4.78 is 18.0. The summed E-state index contributed by atoms with van der Waals surface area (Å²) in [4.78, 5) is 19.9. The Morgan fingerprint density at radius 3 is 3.00 bits per heavy atom. The number of carbonyl (C=O) groups is 1. The largest absolute Gasteiger partial charge is 0.497 e. The van der Waals surface area contributed by atoms with Gasteiger partial charge in [0.2, 0.25) is 12.7 Å². The Balaban J connectivity index is 1.17. The molecule has 2 aliphatic heterocycles. The van der Waals surface area contributed by atoms with Gasteiger partial charge in [-0.05, 0) is 48.7 Å². The van der Waals surface area contributed by atoms with Crippen molar-refractivity contribution in [3.05, 3.63) is 66.5 Å². The van der Waals surface area contributed by atoms with Crippen LogP contribution in [0.15, 0.2) is 60.9 Å². The van der Waals surface area contributed by atoms with Crippen LogP contribution in [0, 0.1) is 5.92 Å². The van der Waals surface area contributed by atoms with Gasteiger partial charge in [0.05, 0.1) is 18.7 Å². The van der Waals surface area contributed by atoms with Crippen LogP contribution in [0.25, 0.3) is 16.8 Å². The second-order valence-corrected chi connectivity index (χ2v) is 9.03. The Bertz CT molecular complexity index is 1420. The highest BCUT2D eigenvalue weighted by Gasteiger charge is 2.28. The second-order valence-electron chi connectivity index (χ2n) is 9.03. The molecule has 9 nitrogen and oxygen atoms in total. The molecule has 0 radical (unpaired) electrons. The summed E-state index contributed by atoms with van der Waals surface area (Å²) in [6.07, 6.45) is 5.37. The van der Waals surface area contributed by atoms with Crippen LogP contribution in [-0.2, 0) is 11.3 Å².